The molecule has 0 aliphatic heterocycles. The van der Waals surface area contributed by atoms with E-state index in [-0.39, 0.29) is 12.1 Å². The number of amides is 1. The second-order valence-electron chi connectivity index (χ2n) is 6.95. The molecule has 4 rings (SSSR count). The van der Waals surface area contributed by atoms with E-state index in [9.17, 15) is 9.59 Å². The molecule has 0 unspecified atom stereocenters. The third-order valence-corrected chi connectivity index (χ3v) is 6.15. The Balaban J connectivity index is 1.48. The Kier molecular flexibility index (Phi) is 5.49. The van der Waals surface area contributed by atoms with Crippen LogP contribution in [0.4, 0.5) is 0 Å². The first-order valence-electron chi connectivity index (χ1n) is 9.47. The Labute approximate surface area is 171 Å². The number of nitriles is 1. The zero-order chi connectivity index (χ0) is 20.2. The lowest BCUT2D eigenvalue weighted by molar-refractivity contribution is -0.121. The summed E-state index contributed by atoms with van der Waals surface area (Å²) in [7, 11) is 0. The van der Waals surface area contributed by atoms with Gasteiger partial charge < -0.3 is 0 Å². The van der Waals surface area contributed by atoms with Crippen LogP contribution in [0.15, 0.2) is 40.5 Å². The van der Waals surface area contributed by atoms with Crippen molar-refractivity contribution >= 4 is 33.7 Å². The highest BCUT2D eigenvalue weighted by atomic mass is 32.1. The Hall–Kier alpha value is -3.31. The maximum atomic E-state index is 12.9. The van der Waals surface area contributed by atoms with Crippen molar-refractivity contribution in [3.8, 4) is 6.07 Å². The van der Waals surface area contributed by atoms with Gasteiger partial charge in [0.25, 0.3) is 11.5 Å². The molecule has 2 heterocycles. The van der Waals surface area contributed by atoms with E-state index in [1.807, 2.05) is 6.07 Å². The molecule has 146 valence electrons. The number of aryl methyl sites for hydroxylation is 2. The zero-order valence-electron chi connectivity index (χ0n) is 15.7. The molecule has 1 aliphatic carbocycles. The van der Waals surface area contributed by atoms with Gasteiger partial charge >= 0.3 is 0 Å². The van der Waals surface area contributed by atoms with Crippen molar-refractivity contribution in [1.29, 1.82) is 5.26 Å². The highest BCUT2D eigenvalue weighted by Crippen LogP contribution is 2.32. The molecule has 1 amide bonds. The monoisotopic (exact) mass is 405 g/mol. The average molecular weight is 405 g/mol. The normalized spacial score (nSPS) is 13.8. The Morgan fingerprint density at radius 2 is 2.07 bits per heavy atom. The molecular weight excluding hydrogens is 386 g/mol. The number of hydrogen-bond donors (Lipinski definition) is 1. The molecule has 1 aromatic carbocycles. The minimum atomic E-state index is -0.403. The molecule has 0 saturated heterocycles. The standard InChI is InChI=1S/C21H19N5O2S/c22-10-14-6-8-15(9-7-14)11-24-25-18(27)12-26-13-23-20-19(21(26)28)16-4-2-1-3-5-17(16)29-20/h6-9,11,13H,1-5,12H2,(H,25,27)/b24-11+. The lowest BCUT2D eigenvalue weighted by Crippen LogP contribution is -2.30. The molecule has 0 fully saturated rings. The molecule has 1 N–H and O–H groups in total. The van der Waals surface area contributed by atoms with Crippen LogP contribution >= 0.6 is 11.3 Å². The van der Waals surface area contributed by atoms with Gasteiger partial charge in [-0.05, 0) is 48.9 Å². The molecule has 0 saturated carbocycles. The topological polar surface area (TPSA) is 100 Å². The van der Waals surface area contributed by atoms with E-state index < -0.39 is 5.91 Å². The van der Waals surface area contributed by atoms with Crippen LogP contribution in [-0.4, -0.2) is 21.7 Å². The summed E-state index contributed by atoms with van der Waals surface area (Å²) in [5.41, 5.74) is 4.69. The van der Waals surface area contributed by atoms with Crippen LogP contribution in [-0.2, 0) is 24.2 Å². The van der Waals surface area contributed by atoms with E-state index in [1.54, 1.807) is 35.6 Å². The first-order valence-corrected chi connectivity index (χ1v) is 10.3. The van der Waals surface area contributed by atoms with Crippen LogP contribution in [0.2, 0.25) is 0 Å². The van der Waals surface area contributed by atoms with Crippen molar-refractivity contribution in [2.45, 2.75) is 38.6 Å². The Morgan fingerprint density at radius 1 is 1.28 bits per heavy atom. The molecule has 8 heteroatoms. The number of thiophene rings is 1. The summed E-state index contributed by atoms with van der Waals surface area (Å²) >= 11 is 1.60. The number of hydrogen-bond acceptors (Lipinski definition) is 6. The van der Waals surface area contributed by atoms with Crippen molar-refractivity contribution in [2.24, 2.45) is 5.10 Å². The Morgan fingerprint density at radius 3 is 2.86 bits per heavy atom. The van der Waals surface area contributed by atoms with Crippen LogP contribution in [0, 0.1) is 11.3 Å². The fourth-order valence-electron chi connectivity index (χ4n) is 3.48. The molecule has 2 aromatic heterocycles. The molecule has 7 nitrogen and oxygen atoms in total. The fourth-order valence-corrected chi connectivity index (χ4v) is 4.70. The number of fused-ring (bicyclic) bond motifs is 3. The maximum absolute atomic E-state index is 12.9. The van der Waals surface area contributed by atoms with E-state index in [1.165, 1.54) is 28.4 Å². The second kappa shape index (κ2) is 8.37. The van der Waals surface area contributed by atoms with Gasteiger partial charge in [-0.3, -0.25) is 14.2 Å². The van der Waals surface area contributed by atoms with Gasteiger partial charge in [-0.2, -0.15) is 10.4 Å². The predicted molar refractivity (Wildman–Crippen MR) is 112 cm³/mol. The van der Waals surface area contributed by atoms with E-state index in [0.29, 0.717) is 10.9 Å². The van der Waals surface area contributed by atoms with Crippen LogP contribution < -0.4 is 11.0 Å². The van der Waals surface area contributed by atoms with Gasteiger partial charge in [0, 0.05) is 4.88 Å². The summed E-state index contributed by atoms with van der Waals surface area (Å²) in [5, 5.41) is 13.4. The lowest BCUT2D eigenvalue weighted by atomic mass is 10.1. The van der Waals surface area contributed by atoms with Gasteiger partial charge in [0.15, 0.2) is 0 Å². The Bertz CT molecular complexity index is 1180. The minimum Gasteiger partial charge on any atom is -0.289 e. The molecule has 0 atom stereocenters. The smallest absolute Gasteiger partial charge is 0.262 e. The molecule has 1 aliphatic rings. The highest BCUT2D eigenvalue weighted by Gasteiger charge is 2.19. The van der Waals surface area contributed by atoms with Gasteiger partial charge in [-0.25, -0.2) is 10.4 Å². The van der Waals surface area contributed by atoms with E-state index >= 15 is 0 Å². The van der Waals surface area contributed by atoms with Crippen molar-refractivity contribution in [2.75, 3.05) is 0 Å². The van der Waals surface area contributed by atoms with Gasteiger partial charge in [0.05, 0.1) is 29.6 Å². The summed E-state index contributed by atoms with van der Waals surface area (Å²) in [6.07, 6.45) is 8.23. The second-order valence-corrected chi connectivity index (χ2v) is 8.03. The third kappa shape index (κ3) is 4.10. The van der Waals surface area contributed by atoms with Crippen molar-refractivity contribution in [3.05, 3.63) is 62.5 Å². The fraction of sp³-hybridized carbons (Fsp3) is 0.286. The number of hydrazone groups is 1. The number of carbonyl (C=O) groups excluding carboxylic acids is 1. The minimum absolute atomic E-state index is 0.142. The summed E-state index contributed by atoms with van der Waals surface area (Å²) in [6, 6.07) is 8.86. The largest absolute Gasteiger partial charge is 0.289 e. The first kappa shape index (κ1) is 19.0. The van der Waals surface area contributed by atoms with E-state index in [4.69, 9.17) is 5.26 Å². The van der Waals surface area contributed by atoms with Crippen LogP contribution in [0.5, 0.6) is 0 Å². The van der Waals surface area contributed by atoms with Crippen molar-refractivity contribution < 1.29 is 4.79 Å². The van der Waals surface area contributed by atoms with Crippen LogP contribution in [0.1, 0.15) is 40.8 Å². The molecule has 0 spiro atoms. The summed E-state index contributed by atoms with van der Waals surface area (Å²) in [5.74, 6) is -0.403. The van der Waals surface area contributed by atoms with Crippen LogP contribution in [0.25, 0.3) is 10.2 Å². The third-order valence-electron chi connectivity index (χ3n) is 4.95. The molecular formula is C21H19N5O2S. The zero-order valence-corrected chi connectivity index (χ0v) is 16.5. The van der Waals surface area contributed by atoms with E-state index in [0.717, 1.165) is 41.6 Å². The average Bonchev–Trinajstić information content (AvgIpc) is 2.93. The number of carbonyl (C=O) groups is 1. The summed E-state index contributed by atoms with van der Waals surface area (Å²) in [6.45, 7) is -0.142. The predicted octanol–water partition coefficient (Wildman–Crippen LogP) is 2.75. The van der Waals surface area contributed by atoms with Crippen LogP contribution in [0.3, 0.4) is 0 Å². The van der Waals surface area contributed by atoms with Crippen molar-refractivity contribution in [1.82, 2.24) is 15.0 Å². The number of nitrogens with one attached hydrogen (secondary N) is 1. The summed E-state index contributed by atoms with van der Waals surface area (Å²) < 4.78 is 1.34. The SMILES string of the molecule is N#Cc1ccc(/C=N/NC(=O)Cn2cnc3sc4c(c3c2=O)CCCCC4)cc1. The van der Waals surface area contributed by atoms with Gasteiger partial charge in [0.1, 0.15) is 11.4 Å². The quantitative estimate of drug-likeness (QED) is 0.410. The van der Waals surface area contributed by atoms with Crippen molar-refractivity contribution in [3.63, 3.8) is 0 Å². The number of rotatable bonds is 4. The molecule has 0 bridgehead atoms. The molecule has 0 radical (unpaired) electrons. The number of benzene rings is 1. The summed E-state index contributed by atoms with van der Waals surface area (Å²) in [4.78, 5) is 31.6. The van der Waals surface area contributed by atoms with Gasteiger partial charge in [-0.1, -0.05) is 18.6 Å². The van der Waals surface area contributed by atoms with Gasteiger partial charge in [0.2, 0.25) is 0 Å². The first-order chi connectivity index (χ1) is 14.2. The highest BCUT2D eigenvalue weighted by molar-refractivity contribution is 7.18. The number of nitrogens with zero attached hydrogens (tertiary/aromatic N) is 4. The lowest BCUT2D eigenvalue weighted by Gasteiger charge is -2.05. The molecule has 3 aromatic rings. The van der Waals surface area contributed by atoms with E-state index in [2.05, 4.69) is 15.5 Å². The maximum Gasteiger partial charge on any atom is 0.262 e. The number of aromatic nitrogens is 2. The molecule has 29 heavy (non-hydrogen) atoms. The van der Waals surface area contributed by atoms with Gasteiger partial charge in [-0.15, -0.1) is 11.3 Å².